The van der Waals surface area contributed by atoms with Crippen LogP contribution in [0.3, 0.4) is 0 Å². The van der Waals surface area contributed by atoms with Crippen molar-refractivity contribution >= 4 is 17.5 Å². The smallest absolute Gasteiger partial charge is 0.277 e. The van der Waals surface area contributed by atoms with Gasteiger partial charge in [0.15, 0.2) is 17.3 Å². The molecule has 2 aromatic carbocycles. The molecule has 3 aromatic rings. The lowest BCUT2D eigenvalue weighted by Gasteiger charge is -2.03. The average molecular weight is 372 g/mol. The van der Waals surface area contributed by atoms with Crippen molar-refractivity contribution in [2.75, 3.05) is 12.9 Å². The molecule has 3 rings (SSSR count). The number of ketones is 1. The molecule has 0 bridgehead atoms. The molecule has 0 spiro atoms. The van der Waals surface area contributed by atoms with Gasteiger partial charge in [-0.25, -0.2) is 4.39 Å². The Balaban J connectivity index is 1.68. The minimum absolute atomic E-state index is 0.0697. The fourth-order valence-corrected chi connectivity index (χ4v) is 3.19. The summed E-state index contributed by atoms with van der Waals surface area (Å²) in [6.45, 7) is 3.99. The van der Waals surface area contributed by atoms with Crippen molar-refractivity contribution in [3.63, 3.8) is 0 Å². The molecule has 0 aliphatic carbocycles. The molecule has 0 amide bonds. The van der Waals surface area contributed by atoms with Crippen molar-refractivity contribution in [2.45, 2.75) is 19.1 Å². The molecule has 0 aliphatic heterocycles. The zero-order chi connectivity index (χ0) is 18.7. The summed E-state index contributed by atoms with van der Waals surface area (Å²) in [4.78, 5) is 12.2. The summed E-state index contributed by atoms with van der Waals surface area (Å²) in [5.41, 5.74) is 3.31. The quantitative estimate of drug-likeness (QED) is 0.470. The second kappa shape index (κ2) is 7.70. The number of methoxy groups -OCH3 is 1. The predicted molar refractivity (Wildman–Crippen MR) is 97.2 cm³/mol. The summed E-state index contributed by atoms with van der Waals surface area (Å²) in [5, 5.41) is 8.29. The van der Waals surface area contributed by atoms with Gasteiger partial charge in [-0.15, -0.1) is 10.2 Å². The number of nitrogens with zero attached hydrogens (tertiary/aromatic N) is 2. The molecule has 0 radical (unpaired) electrons. The Hall–Kier alpha value is -2.67. The molecule has 7 heteroatoms. The van der Waals surface area contributed by atoms with Crippen LogP contribution in [0.5, 0.6) is 5.75 Å². The lowest BCUT2D eigenvalue weighted by Crippen LogP contribution is -2.03. The van der Waals surface area contributed by atoms with Gasteiger partial charge in [0.2, 0.25) is 5.89 Å². The van der Waals surface area contributed by atoms with Crippen LogP contribution >= 0.6 is 11.8 Å². The Bertz CT molecular complexity index is 935. The van der Waals surface area contributed by atoms with Gasteiger partial charge in [-0.3, -0.25) is 4.79 Å². The van der Waals surface area contributed by atoms with Crippen molar-refractivity contribution in [1.29, 1.82) is 0 Å². The van der Waals surface area contributed by atoms with Crippen LogP contribution < -0.4 is 4.74 Å². The number of hydrogen-bond donors (Lipinski definition) is 0. The number of aryl methyl sites for hydroxylation is 2. The molecule has 0 unspecified atom stereocenters. The van der Waals surface area contributed by atoms with Crippen LogP contribution in [0.25, 0.3) is 11.5 Å². The Morgan fingerprint density at radius 1 is 1.15 bits per heavy atom. The highest BCUT2D eigenvalue weighted by Crippen LogP contribution is 2.26. The SMILES string of the molecule is COc1ccc(C(=O)CSc2nnc(-c3cc(C)cc(C)c3)o2)cc1F. The topological polar surface area (TPSA) is 65.2 Å². The Morgan fingerprint density at radius 2 is 1.88 bits per heavy atom. The first kappa shape index (κ1) is 18.1. The highest BCUT2D eigenvalue weighted by atomic mass is 32.2. The molecule has 1 heterocycles. The number of ether oxygens (including phenoxy) is 1. The highest BCUT2D eigenvalue weighted by molar-refractivity contribution is 7.99. The fraction of sp³-hybridized carbons (Fsp3) is 0.211. The van der Waals surface area contributed by atoms with Crippen LogP contribution in [-0.2, 0) is 0 Å². The van der Waals surface area contributed by atoms with Gasteiger partial charge in [0, 0.05) is 11.1 Å². The summed E-state index contributed by atoms with van der Waals surface area (Å²) in [6.07, 6.45) is 0. The van der Waals surface area contributed by atoms with E-state index in [-0.39, 0.29) is 22.8 Å². The molecule has 0 saturated heterocycles. The Kier molecular flexibility index (Phi) is 5.37. The van der Waals surface area contributed by atoms with E-state index >= 15 is 0 Å². The van der Waals surface area contributed by atoms with Gasteiger partial charge < -0.3 is 9.15 Å². The van der Waals surface area contributed by atoms with Crippen LogP contribution in [0.2, 0.25) is 0 Å². The molecule has 5 nitrogen and oxygen atoms in total. The number of carbonyl (C=O) groups is 1. The normalized spacial score (nSPS) is 10.8. The van der Waals surface area contributed by atoms with Crippen LogP contribution in [0.15, 0.2) is 46.0 Å². The van der Waals surface area contributed by atoms with Crippen LogP contribution in [0.1, 0.15) is 21.5 Å². The number of carbonyl (C=O) groups excluding carboxylic acids is 1. The molecule has 0 saturated carbocycles. The Morgan fingerprint density at radius 3 is 2.54 bits per heavy atom. The maximum Gasteiger partial charge on any atom is 0.277 e. The van der Waals surface area contributed by atoms with Crippen molar-refractivity contribution in [3.05, 3.63) is 58.9 Å². The number of hydrogen-bond acceptors (Lipinski definition) is 6. The lowest BCUT2D eigenvalue weighted by atomic mass is 10.1. The van der Waals surface area contributed by atoms with Crippen LogP contribution in [-0.4, -0.2) is 28.8 Å². The van der Waals surface area contributed by atoms with E-state index in [1.807, 2.05) is 26.0 Å². The minimum atomic E-state index is -0.571. The van der Waals surface area contributed by atoms with Crippen LogP contribution in [0.4, 0.5) is 4.39 Å². The minimum Gasteiger partial charge on any atom is -0.494 e. The van der Waals surface area contributed by atoms with Crippen molar-refractivity contribution in [1.82, 2.24) is 10.2 Å². The number of Topliss-reactive ketones (excluding diaryl/α,β-unsaturated/α-hetero) is 1. The van der Waals surface area contributed by atoms with Crippen molar-refractivity contribution in [2.24, 2.45) is 0 Å². The number of aromatic nitrogens is 2. The van der Waals surface area contributed by atoms with E-state index in [1.165, 1.54) is 19.2 Å². The molecule has 0 N–H and O–H groups in total. The van der Waals surface area contributed by atoms with E-state index in [4.69, 9.17) is 9.15 Å². The predicted octanol–water partition coefficient (Wildman–Crippen LogP) is 4.48. The number of rotatable bonds is 6. The summed E-state index contributed by atoms with van der Waals surface area (Å²) in [5.74, 6) is -0.229. The van der Waals surface area contributed by atoms with Gasteiger partial charge in [-0.2, -0.15) is 0 Å². The van der Waals surface area contributed by atoms with Gasteiger partial charge in [0.1, 0.15) is 0 Å². The number of halogens is 1. The zero-order valence-electron chi connectivity index (χ0n) is 14.6. The fourth-order valence-electron chi connectivity index (χ4n) is 2.53. The van der Waals surface area contributed by atoms with E-state index in [0.29, 0.717) is 11.1 Å². The molecule has 134 valence electrons. The van der Waals surface area contributed by atoms with Crippen molar-refractivity contribution in [3.8, 4) is 17.2 Å². The molecule has 1 aromatic heterocycles. The van der Waals surface area contributed by atoms with E-state index in [1.54, 1.807) is 0 Å². The first-order chi connectivity index (χ1) is 12.5. The second-order valence-corrected chi connectivity index (χ2v) is 6.74. The molecule has 26 heavy (non-hydrogen) atoms. The second-order valence-electron chi connectivity index (χ2n) is 5.81. The average Bonchev–Trinajstić information content (AvgIpc) is 3.08. The third-order valence-electron chi connectivity index (χ3n) is 3.68. The standard InChI is InChI=1S/C19H17FN2O3S/c1-11-6-12(2)8-14(7-11)18-21-22-19(25-18)26-10-16(23)13-4-5-17(24-3)15(20)9-13/h4-9H,10H2,1-3H3. The maximum atomic E-state index is 13.7. The first-order valence-electron chi connectivity index (χ1n) is 7.88. The van der Waals surface area contributed by atoms with Crippen LogP contribution in [0, 0.1) is 19.7 Å². The molecular formula is C19H17FN2O3S. The third kappa shape index (κ3) is 4.11. The summed E-state index contributed by atoms with van der Waals surface area (Å²) in [7, 11) is 1.37. The molecule has 0 fully saturated rings. The largest absolute Gasteiger partial charge is 0.494 e. The van der Waals surface area contributed by atoms with E-state index in [2.05, 4.69) is 16.3 Å². The third-order valence-corrected chi connectivity index (χ3v) is 4.49. The zero-order valence-corrected chi connectivity index (χ0v) is 15.4. The number of benzene rings is 2. The van der Waals surface area contributed by atoms with E-state index < -0.39 is 5.82 Å². The molecule has 0 atom stereocenters. The summed E-state index contributed by atoms with van der Waals surface area (Å²) in [6, 6.07) is 10.1. The monoisotopic (exact) mass is 372 g/mol. The van der Waals surface area contributed by atoms with Gasteiger partial charge in [0.25, 0.3) is 5.22 Å². The summed E-state index contributed by atoms with van der Waals surface area (Å²) < 4.78 is 24.2. The lowest BCUT2D eigenvalue weighted by molar-refractivity contribution is 0.102. The van der Waals surface area contributed by atoms with Gasteiger partial charge >= 0.3 is 0 Å². The highest BCUT2D eigenvalue weighted by Gasteiger charge is 2.14. The molecule has 0 aliphatic rings. The van der Waals surface area contributed by atoms with E-state index in [9.17, 15) is 9.18 Å². The van der Waals surface area contributed by atoms with Gasteiger partial charge in [-0.05, 0) is 44.2 Å². The van der Waals surface area contributed by atoms with Gasteiger partial charge in [-0.1, -0.05) is 29.0 Å². The maximum absolute atomic E-state index is 13.7. The number of thioether (sulfide) groups is 1. The molecular weight excluding hydrogens is 355 g/mol. The van der Waals surface area contributed by atoms with E-state index in [0.717, 1.165) is 34.5 Å². The Labute approximate surface area is 154 Å². The first-order valence-corrected chi connectivity index (χ1v) is 8.86. The van der Waals surface area contributed by atoms with Crippen molar-refractivity contribution < 1.29 is 18.3 Å². The van der Waals surface area contributed by atoms with Gasteiger partial charge in [0.05, 0.1) is 12.9 Å². The summed E-state index contributed by atoms with van der Waals surface area (Å²) >= 11 is 1.12.